The van der Waals surface area contributed by atoms with Crippen molar-refractivity contribution in [2.75, 3.05) is 9.80 Å². The zero-order chi connectivity index (χ0) is 89.0. The summed E-state index contributed by atoms with van der Waals surface area (Å²) in [6, 6.07) is 214. The first-order valence-corrected chi connectivity index (χ1v) is 54.6. The molecule has 0 N–H and O–H groups in total. The monoisotopic (exact) mass is 1770 g/mol. The van der Waals surface area contributed by atoms with Crippen molar-refractivity contribution in [2.45, 2.75) is 0 Å². The van der Waals surface area contributed by atoms with E-state index in [9.17, 15) is 0 Å². The molecule has 0 fully saturated rings. The fourth-order valence-electron chi connectivity index (χ4n) is 23.1. The van der Waals surface area contributed by atoms with Crippen LogP contribution in [0.1, 0.15) is 0 Å². The molecule has 3 nitrogen and oxygen atoms in total. The highest BCUT2D eigenvalue weighted by atomic mass is 28.3. The average molecular weight is 1770 g/mol. The van der Waals surface area contributed by atoms with Crippen molar-refractivity contribution < 1.29 is 0 Å². The van der Waals surface area contributed by atoms with E-state index in [2.05, 4.69) is 572 Å². The predicted octanol–water partition coefficient (Wildman–Crippen LogP) is 17.7. The van der Waals surface area contributed by atoms with Crippen molar-refractivity contribution in [3.8, 4) is 27.9 Å². The Bertz CT molecular complexity index is 7190. The summed E-state index contributed by atoms with van der Waals surface area (Å²) in [4.78, 5) is 5.41. The normalized spacial score (nSPS) is 12.4. The van der Waals surface area contributed by atoms with E-state index in [-0.39, 0.29) is 6.71 Å². The lowest BCUT2D eigenvalue weighted by atomic mass is 9.33. The third-order valence-electron chi connectivity index (χ3n) is 28.7. The van der Waals surface area contributed by atoms with Gasteiger partial charge >= 0.3 is 0 Å². The van der Waals surface area contributed by atoms with Gasteiger partial charge in [-0.2, -0.15) is 0 Å². The smallest absolute Gasteiger partial charge is 0.252 e. The van der Waals surface area contributed by atoms with E-state index in [1.807, 2.05) is 0 Å². The Kier molecular flexibility index (Phi) is 20.8. The molecular weight excluding hydrogens is 1680 g/mol. The molecule has 0 aliphatic carbocycles. The van der Waals surface area contributed by atoms with E-state index in [1.165, 1.54) is 110 Å². The third-order valence-corrected chi connectivity index (χ3v) is 47.8. The number of fused-ring (bicyclic) bond motifs is 7. The SMILES string of the molecule is c1ccc([Si](c2ccccc2)(c2ccccc2)c2cccc(-c3ccc4c(c3)N(c3cccc([Si](c5ccccc5)(c5ccccc5)c5ccccc5)c3)c3cc(-n5c6ccccc6c6ccccc65)cc5c3B4c3ccc(-c4cccc([Si](c6ccccc6)(c6ccccc6)c6ccccc6)c4)cc3N5c3cccc([Si](c4ccccc4)(c4ccccc4)c4ccccc4)c3)c2)cc1. The minimum atomic E-state index is -3.21. The first-order chi connectivity index (χ1) is 66.5. The summed E-state index contributed by atoms with van der Waals surface area (Å²) in [6.45, 7) is -0.307. The van der Waals surface area contributed by atoms with E-state index in [0.717, 1.165) is 73.1 Å². The van der Waals surface area contributed by atoms with Gasteiger partial charge in [-0.15, -0.1) is 0 Å². The maximum absolute atomic E-state index is 3.21. The van der Waals surface area contributed by atoms with Gasteiger partial charge in [-0.1, -0.05) is 497 Å². The average Bonchev–Trinajstić information content (AvgIpc) is 0.881. The lowest BCUT2D eigenvalue weighted by molar-refractivity contribution is 1.16. The number of rotatable bonds is 21. The number of aromatic nitrogens is 1. The summed E-state index contributed by atoms with van der Waals surface area (Å²) in [5.74, 6) is 0. The number of nitrogens with zero attached hydrogens (tertiary/aromatic N) is 3. The van der Waals surface area contributed by atoms with E-state index in [4.69, 9.17) is 0 Å². The van der Waals surface area contributed by atoms with Gasteiger partial charge in [-0.05, 0) is 182 Å². The molecule has 3 heterocycles. The number of anilines is 6. The Morgan fingerprint density at radius 3 is 0.627 bits per heavy atom. The van der Waals surface area contributed by atoms with Crippen LogP contribution in [0, 0.1) is 0 Å². The molecule has 21 aromatic carbocycles. The van der Waals surface area contributed by atoms with Crippen molar-refractivity contribution in [1.82, 2.24) is 4.57 Å². The van der Waals surface area contributed by atoms with Crippen LogP contribution in [0.2, 0.25) is 0 Å². The molecule has 134 heavy (non-hydrogen) atoms. The number of hydrogen-bond donors (Lipinski definition) is 0. The summed E-state index contributed by atoms with van der Waals surface area (Å²) in [5, 5.41) is 23.4. The molecule has 24 rings (SSSR count). The van der Waals surface area contributed by atoms with Crippen LogP contribution in [0.4, 0.5) is 34.1 Å². The predicted molar refractivity (Wildman–Crippen MR) is 580 cm³/mol. The van der Waals surface area contributed by atoms with Gasteiger partial charge < -0.3 is 14.4 Å². The largest absolute Gasteiger partial charge is 0.311 e. The van der Waals surface area contributed by atoms with Gasteiger partial charge in [0, 0.05) is 44.9 Å². The Hall–Kier alpha value is -16.0. The molecule has 2 aliphatic heterocycles. The summed E-state index contributed by atoms with van der Waals surface area (Å²) in [5.41, 5.74) is 18.1. The zero-order valence-electron chi connectivity index (χ0n) is 74.0. The second kappa shape index (κ2) is 34.4. The van der Waals surface area contributed by atoms with Crippen molar-refractivity contribution in [3.63, 3.8) is 0 Å². The van der Waals surface area contributed by atoms with Crippen LogP contribution in [0.5, 0.6) is 0 Å². The molecule has 0 bridgehead atoms. The maximum atomic E-state index is 2.70. The van der Waals surface area contributed by atoms with Crippen molar-refractivity contribution in [2.24, 2.45) is 0 Å². The van der Waals surface area contributed by atoms with Gasteiger partial charge in [0.2, 0.25) is 0 Å². The van der Waals surface area contributed by atoms with Gasteiger partial charge in [0.15, 0.2) is 32.3 Å². The van der Waals surface area contributed by atoms with Gasteiger partial charge in [0.05, 0.1) is 16.7 Å². The topological polar surface area (TPSA) is 11.4 Å². The Labute approximate surface area is 788 Å². The van der Waals surface area contributed by atoms with Gasteiger partial charge in [0.25, 0.3) is 6.71 Å². The minimum Gasteiger partial charge on any atom is -0.311 e. The molecule has 0 saturated heterocycles. The van der Waals surface area contributed by atoms with Crippen molar-refractivity contribution >= 4 is 194 Å². The van der Waals surface area contributed by atoms with E-state index in [0.29, 0.717) is 0 Å². The van der Waals surface area contributed by atoms with E-state index >= 15 is 0 Å². The van der Waals surface area contributed by atoms with Crippen LogP contribution in [0.3, 0.4) is 0 Å². The summed E-state index contributed by atoms with van der Waals surface area (Å²) >= 11 is 0. The Morgan fingerprint density at radius 1 is 0.149 bits per heavy atom. The van der Waals surface area contributed by atoms with Crippen LogP contribution in [0.25, 0.3) is 49.7 Å². The molecule has 0 radical (unpaired) electrons. The van der Waals surface area contributed by atoms with Gasteiger partial charge in [-0.25, -0.2) is 0 Å². The Balaban J connectivity index is 0.824. The molecule has 8 heteroatoms. The molecule has 0 saturated carbocycles. The molecule has 2 aliphatic rings. The highest BCUT2D eigenvalue weighted by Gasteiger charge is 2.50. The molecule has 0 spiro atoms. The minimum absolute atomic E-state index is 0.307. The second-order valence-corrected chi connectivity index (χ2v) is 50.8. The second-order valence-electron chi connectivity index (χ2n) is 35.6. The molecular formula is C126H92BN3Si4. The molecule has 0 unspecified atom stereocenters. The summed E-state index contributed by atoms with van der Waals surface area (Å²) in [7, 11) is -12.5. The number of para-hydroxylation sites is 2. The van der Waals surface area contributed by atoms with E-state index in [1.54, 1.807) is 0 Å². The van der Waals surface area contributed by atoms with Gasteiger partial charge in [0.1, 0.15) is 0 Å². The molecule has 0 atom stereocenters. The van der Waals surface area contributed by atoms with E-state index < -0.39 is 32.3 Å². The zero-order valence-corrected chi connectivity index (χ0v) is 78.0. The lowest BCUT2D eigenvalue weighted by Gasteiger charge is -2.45. The first-order valence-electron chi connectivity index (χ1n) is 46.6. The fourth-order valence-corrected chi connectivity index (χ4v) is 42.3. The van der Waals surface area contributed by atoms with Crippen LogP contribution < -0.4 is 109 Å². The maximum Gasteiger partial charge on any atom is 0.252 e. The Morgan fingerprint density at radius 2 is 0.366 bits per heavy atom. The van der Waals surface area contributed by atoms with Crippen molar-refractivity contribution in [1.29, 1.82) is 0 Å². The highest BCUT2D eigenvalue weighted by molar-refractivity contribution is 7.22. The first kappa shape index (κ1) is 81.2. The molecule has 630 valence electrons. The molecule has 0 amide bonds. The lowest BCUT2D eigenvalue weighted by Crippen LogP contribution is -2.74. The van der Waals surface area contributed by atoms with Crippen molar-refractivity contribution in [3.05, 3.63) is 558 Å². The standard InChI is InChI=1S/C126H92BN3Si4/c1-13-49-100(50-14-1)131(101-51-15-2-16-52-101,102-53-17-3-18-54-102)112-73-41-45-93(85-112)95-81-83-118-122(87-95)128(97-47-43-75-114(89-97)133(106-61-25-7-26-62-106,107-63-27-8-28-64-107)108-65-29-9-30-66-108)124-91-99(130-120-79-39-37-77-116(120)117-78-38-40-80-121(117)130)92-125-126(124)127(118)119-84-82-96(94-46-42-74-113(86-94)132(103-55-19-4-20-56-103,104-57-21-5-22-58-104)105-59-23-6-24-60-105)88-123(119)129(125)98-48-44-76-115(90-98)134(109-67-31-10-32-68-109,110-69-33-11-34-70-110)111-71-35-12-36-72-111/h1-92H. The van der Waals surface area contributed by atoms with Crippen LogP contribution in [-0.4, -0.2) is 43.6 Å². The quantitative estimate of drug-likeness (QED) is 0.0525. The number of benzene rings is 21. The third kappa shape index (κ3) is 13.3. The highest BCUT2D eigenvalue weighted by Crippen LogP contribution is 2.48. The molecule has 1 aromatic heterocycles. The van der Waals surface area contributed by atoms with Crippen LogP contribution >= 0.6 is 0 Å². The summed E-state index contributed by atoms with van der Waals surface area (Å²) < 4.78 is 2.57. The van der Waals surface area contributed by atoms with Crippen LogP contribution in [-0.2, 0) is 0 Å². The fraction of sp³-hybridized carbons (Fsp3) is 0. The number of hydrogen-bond acceptors (Lipinski definition) is 2. The van der Waals surface area contributed by atoms with Gasteiger partial charge in [-0.3, -0.25) is 0 Å². The molecule has 22 aromatic rings. The summed E-state index contributed by atoms with van der Waals surface area (Å²) in [6.07, 6.45) is 0. The van der Waals surface area contributed by atoms with Crippen LogP contribution in [0.15, 0.2) is 558 Å².